The van der Waals surface area contributed by atoms with E-state index < -0.39 is 32.5 Å². The largest absolute Gasteiger partial charge is 0.472 e. The molecule has 0 aromatic heterocycles. The maximum Gasteiger partial charge on any atom is 0.472 e. The van der Waals surface area contributed by atoms with E-state index in [0.29, 0.717) is 23.9 Å². The quantitative estimate of drug-likeness (QED) is 0.0214. The summed E-state index contributed by atoms with van der Waals surface area (Å²) in [7, 11) is 1.45. The third-order valence-electron chi connectivity index (χ3n) is 9.33. The predicted octanol–water partition coefficient (Wildman–Crippen LogP) is 12.7. The monoisotopic (exact) mass is 811 g/mol. The standard InChI is InChI=1S/C46H84NO8P/c1-6-8-10-12-14-16-18-20-22-23-25-27-29-31-33-35-37-39-46(49)55-44(43-54-56(50,51)53-41-40-47(3,4)5)42-52-45(48)38-36-34-32-30-28-26-24-21-19-17-15-13-11-9-7-2/h15,17,20-22,24,28,30,44H,6-14,16,18-19,23,25-27,29,31-43H2,1-5H3/p+1/b17-15-,22-20-,24-21-,30-28-/t44-/m1/s1. The smallest absolute Gasteiger partial charge is 0.462 e. The number of carbonyl (C=O) groups is 2. The summed E-state index contributed by atoms with van der Waals surface area (Å²) in [5.41, 5.74) is 0. The van der Waals surface area contributed by atoms with Gasteiger partial charge in [-0.2, -0.15) is 0 Å². The second-order valence-electron chi connectivity index (χ2n) is 16.1. The van der Waals surface area contributed by atoms with Crippen molar-refractivity contribution >= 4 is 19.8 Å². The highest BCUT2D eigenvalue weighted by Gasteiger charge is 2.27. The minimum Gasteiger partial charge on any atom is -0.462 e. The Bertz CT molecular complexity index is 1100. The molecule has 326 valence electrons. The average Bonchev–Trinajstić information content (AvgIpc) is 3.15. The average molecular weight is 811 g/mol. The number of hydrogen-bond acceptors (Lipinski definition) is 7. The van der Waals surface area contributed by atoms with Gasteiger partial charge in [-0.25, -0.2) is 4.57 Å². The molecule has 0 spiro atoms. The number of quaternary nitrogens is 1. The van der Waals surface area contributed by atoms with E-state index in [1.807, 2.05) is 21.1 Å². The maximum absolute atomic E-state index is 12.7. The molecular weight excluding hydrogens is 725 g/mol. The molecule has 0 saturated carbocycles. The molecule has 0 aromatic carbocycles. The van der Waals surface area contributed by atoms with Gasteiger partial charge in [-0.3, -0.25) is 18.6 Å². The Labute approximate surface area is 343 Å². The number of unbranched alkanes of at least 4 members (excludes halogenated alkanes) is 18. The molecule has 0 rings (SSSR count). The van der Waals surface area contributed by atoms with Gasteiger partial charge in [0.05, 0.1) is 27.7 Å². The van der Waals surface area contributed by atoms with Crippen LogP contribution in [0.1, 0.15) is 181 Å². The van der Waals surface area contributed by atoms with Gasteiger partial charge in [-0.1, -0.05) is 140 Å². The second-order valence-corrected chi connectivity index (χ2v) is 17.5. The lowest BCUT2D eigenvalue weighted by Gasteiger charge is -2.24. The van der Waals surface area contributed by atoms with Crippen LogP contribution < -0.4 is 0 Å². The van der Waals surface area contributed by atoms with Gasteiger partial charge in [0.1, 0.15) is 19.8 Å². The molecule has 0 aliphatic heterocycles. The fraction of sp³-hybridized carbons (Fsp3) is 0.783. The van der Waals surface area contributed by atoms with E-state index in [-0.39, 0.29) is 26.1 Å². The Morgan fingerprint density at radius 3 is 1.52 bits per heavy atom. The first-order chi connectivity index (χ1) is 27.0. The van der Waals surface area contributed by atoms with E-state index in [9.17, 15) is 19.0 Å². The SMILES string of the molecule is CCCCC/C=C\C/C=C\C/C=C\CCCCC(=O)OC[C@H](COP(=O)(O)OCC[N+](C)(C)C)OC(=O)CCCCCCCCC/C=C\CCCCCCCC. The van der Waals surface area contributed by atoms with Crippen molar-refractivity contribution in [3.8, 4) is 0 Å². The van der Waals surface area contributed by atoms with Crippen LogP contribution in [0.5, 0.6) is 0 Å². The molecule has 56 heavy (non-hydrogen) atoms. The van der Waals surface area contributed by atoms with Crippen molar-refractivity contribution < 1.29 is 42.1 Å². The number of phosphoric acid groups is 1. The molecule has 0 amide bonds. The van der Waals surface area contributed by atoms with Crippen molar-refractivity contribution in [1.29, 1.82) is 0 Å². The minimum atomic E-state index is -4.38. The van der Waals surface area contributed by atoms with Gasteiger partial charge in [0.2, 0.25) is 0 Å². The zero-order valence-corrected chi connectivity index (χ0v) is 37.5. The number of carbonyl (C=O) groups excluding carboxylic acids is 2. The third-order valence-corrected chi connectivity index (χ3v) is 10.3. The van der Waals surface area contributed by atoms with Gasteiger partial charge in [0.15, 0.2) is 6.10 Å². The predicted molar refractivity (Wildman–Crippen MR) is 233 cm³/mol. The lowest BCUT2D eigenvalue weighted by Crippen LogP contribution is -2.37. The molecule has 0 aromatic rings. The minimum absolute atomic E-state index is 0.0236. The number of ether oxygens (including phenoxy) is 2. The van der Waals surface area contributed by atoms with Gasteiger partial charge in [0, 0.05) is 12.8 Å². The number of phosphoric ester groups is 1. The number of hydrogen-bond donors (Lipinski definition) is 1. The van der Waals surface area contributed by atoms with Crippen LogP contribution in [0.25, 0.3) is 0 Å². The lowest BCUT2D eigenvalue weighted by molar-refractivity contribution is -0.870. The van der Waals surface area contributed by atoms with Gasteiger partial charge >= 0.3 is 19.8 Å². The molecule has 0 aliphatic carbocycles. The normalized spacial score (nSPS) is 14.0. The Hall–Kier alpha value is -2.03. The number of nitrogens with zero attached hydrogens (tertiary/aromatic N) is 1. The van der Waals surface area contributed by atoms with Crippen LogP contribution in [0.15, 0.2) is 48.6 Å². The summed E-state index contributed by atoms with van der Waals surface area (Å²) < 4.78 is 34.3. The van der Waals surface area contributed by atoms with Crippen molar-refractivity contribution in [3.05, 3.63) is 48.6 Å². The summed E-state index contributed by atoms with van der Waals surface area (Å²) in [6.45, 7) is 4.34. The molecule has 2 atom stereocenters. The Morgan fingerprint density at radius 2 is 0.964 bits per heavy atom. The molecule has 0 aliphatic rings. The summed E-state index contributed by atoms with van der Waals surface area (Å²) in [5.74, 6) is -0.849. The molecule has 10 heteroatoms. The summed E-state index contributed by atoms with van der Waals surface area (Å²) in [4.78, 5) is 35.4. The summed E-state index contributed by atoms with van der Waals surface area (Å²) in [6.07, 6.45) is 44.4. The molecule has 0 heterocycles. The molecule has 0 radical (unpaired) electrons. The van der Waals surface area contributed by atoms with Crippen LogP contribution in [-0.4, -0.2) is 74.9 Å². The molecule has 0 fully saturated rings. The first kappa shape index (κ1) is 54.0. The van der Waals surface area contributed by atoms with Crippen LogP contribution in [0, 0.1) is 0 Å². The zero-order valence-electron chi connectivity index (χ0n) is 36.6. The van der Waals surface area contributed by atoms with Gasteiger partial charge in [-0.05, 0) is 77.0 Å². The molecule has 1 N–H and O–H groups in total. The Morgan fingerprint density at radius 1 is 0.554 bits per heavy atom. The van der Waals surface area contributed by atoms with Crippen molar-refractivity contribution in [3.63, 3.8) is 0 Å². The maximum atomic E-state index is 12.7. The fourth-order valence-electron chi connectivity index (χ4n) is 5.78. The fourth-order valence-corrected chi connectivity index (χ4v) is 6.52. The first-order valence-electron chi connectivity index (χ1n) is 22.4. The molecular formula is C46H85NO8P+. The van der Waals surface area contributed by atoms with Crippen LogP contribution in [-0.2, 0) is 32.7 Å². The van der Waals surface area contributed by atoms with E-state index in [0.717, 1.165) is 57.8 Å². The molecule has 9 nitrogen and oxygen atoms in total. The highest BCUT2D eigenvalue weighted by Crippen LogP contribution is 2.43. The summed E-state index contributed by atoms with van der Waals surface area (Å²) in [5, 5.41) is 0. The molecule has 1 unspecified atom stereocenters. The van der Waals surface area contributed by atoms with Crippen molar-refractivity contribution in [2.45, 2.75) is 187 Å². The van der Waals surface area contributed by atoms with E-state index in [2.05, 4.69) is 62.5 Å². The summed E-state index contributed by atoms with van der Waals surface area (Å²) in [6, 6.07) is 0. The Kier molecular flexibility index (Phi) is 37.1. The number of likely N-dealkylation sites (N-methyl/N-ethyl adjacent to an activating group) is 1. The molecule has 0 bridgehead atoms. The van der Waals surface area contributed by atoms with Crippen LogP contribution in [0.4, 0.5) is 0 Å². The van der Waals surface area contributed by atoms with Crippen molar-refractivity contribution in [2.24, 2.45) is 0 Å². The van der Waals surface area contributed by atoms with Crippen LogP contribution in [0.2, 0.25) is 0 Å². The van der Waals surface area contributed by atoms with E-state index in [1.165, 1.54) is 83.5 Å². The zero-order chi connectivity index (χ0) is 41.4. The third kappa shape index (κ3) is 41.6. The van der Waals surface area contributed by atoms with Crippen LogP contribution in [0.3, 0.4) is 0 Å². The number of allylic oxidation sites excluding steroid dienone is 8. The first-order valence-corrected chi connectivity index (χ1v) is 23.9. The van der Waals surface area contributed by atoms with Gasteiger partial charge in [-0.15, -0.1) is 0 Å². The van der Waals surface area contributed by atoms with E-state index in [1.54, 1.807) is 0 Å². The highest BCUT2D eigenvalue weighted by molar-refractivity contribution is 7.47. The van der Waals surface area contributed by atoms with E-state index >= 15 is 0 Å². The summed E-state index contributed by atoms with van der Waals surface area (Å²) >= 11 is 0. The van der Waals surface area contributed by atoms with Gasteiger partial charge < -0.3 is 18.9 Å². The lowest BCUT2D eigenvalue weighted by atomic mass is 10.1. The number of rotatable bonds is 40. The second kappa shape index (κ2) is 38.5. The Balaban J connectivity index is 4.42. The topological polar surface area (TPSA) is 108 Å². The van der Waals surface area contributed by atoms with Crippen LogP contribution >= 0.6 is 7.82 Å². The molecule has 0 saturated heterocycles. The van der Waals surface area contributed by atoms with Gasteiger partial charge in [0.25, 0.3) is 0 Å². The number of esters is 2. The van der Waals surface area contributed by atoms with Crippen molar-refractivity contribution in [1.82, 2.24) is 0 Å². The highest BCUT2D eigenvalue weighted by atomic mass is 31.2. The van der Waals surface area contributed by atoms with E-state index in [4.69, 9.17) is 18.5 Å². The van der Waals surface area contributed by atoms with Crippen molar-refractivity contribution in [2.75, 3.05) is 47.5 Å².